The zero-order chi connectivity index (χ0) is 11.6. The second kappa shape index (κ2) is 8.13. The molecule has 3 heteroatoms. The van der Waals surface area contributed by atoms with Crippen molar-refractivity contribution in [2.24, 2.45) is 0 Å². The molecule has 1 N–H and O–H groups in total. The number of hydrogen-bond donors (Lipinski definition) is 1. The Kier molecular flexibility index (Phi) is 6.61. The van der Waals surface area contributed by atoms with Gasteiger partial charge >= 0.3 is 0 Å². The van der Waals surface area contributed by atoms with Crippen LogP contribution in [-0.2, 0) is 0 Å². The van der Waals surface area contributed by atoms with E-state index in [9.17, 15) is 0 Å². The quantitative estimate of drug-likeness (QED) is 0.676. The summed E-state index contributed by atoms with van der Waals surface area (Å²) >= 11 is 0. The number of nitrogens with zero attached hydrogens (tertiary/aromatic N) is 1. The molecule has 0 atom stereocenters. The first-order chi connectivity index (χ1) is 7.83. The van der Waals surface area contributed by atoms with Crippen LogP contribution in [0.25, 0.3) is 0 Å². The van der Waals surface area contributed by atoms with Gasteiger partial charge in [0.05, 0.1) is 0 Å². The van der Waals surface area contributed by atoms with Gasteiger partial charge in [0.15, 0.2) is 0 Å². The highest BCUT2D eigenvalue weighted by molar-refractivity contribution is 5.20. The van der Waals surface area contributed by atoms with Gasteiger partial charge in [-0.25, -0.2) is 0 Å². The monoisotopic (exact) mass is 222 g/mol. The van der Waals surface area contributed by atoms with E-state index < -0.39 is 0 Å². The summed E-state index contributed by atoms with van der Waals surface area (Å²) in [4.78, 5) is 2.28. The summed E-state index contributed by atoms with van der Waals surface area (Å²) in [5.41, 5.74) is 0. The Morgan fingerprint density at radius 1 is 1.19 bits per heavy atom. The standard InChI is InChI=1S/C13H22N2O/c1-3-15(2)11-9-14-10-12-16-13-7-5-4-6-8-13/h4-8,14H,3,9-12H2,1-2H3. The highest BCUT2D eigenvalue weighted by Gasteiger charge is 1.94. The van der Waals surface area contributed by atoms with Crippen LogP contribution < -0.4 is 10.1 Å². The van der Waals surface area contributed by atoms with Gasteiger partial charge in [-0.1, -0.05) is 25.1 Å². The molecule has 0 radical (unpaired) electrons. The molecule has 0 aromatic heterocycles. The van der Waals surface area contributed by atoms with E-state index in [1.54, 1.807) is 0 Å². The maximum absolute atomic E-state index is 5.56. The van der Waals surface area contributed by atoms with Crippen LogP contribution in [0.1, 0.15) is 6.92 Å². The van der Waals surface area contributed by atoms with E-state index in [1.165, 1.54) is 0 Å². The molecule has 3 nitrogen and oxygen atoms in total. The van der Waals surface area contributed by atoms with Crippen molar-refractivity contribution in [1.29, 1.82) is 0 Å². The second-order valence-corrected chi connectivity index (χ2v) is 3.81. The number of para-hydroxylation sites is 1. The molecule has 0 fully saturated rings. The van der Waals surface area contributed by atoms with E-state index in [1.807, 2.05) is 30.3 Å². The van der Waals surface area contributed by atoms with Crippen LogP contribution in [0.5, 0.6) is 5.75 Å². The summed E-state index contributed by atoms with van der Waals surface area (Å²) in [7, 11) is 2.13. The summed E-state index contributed by atoms with van der Waals surface area (Å²) < 4.78 is 5.56. The lowest BCUT2D eigenvalue weighted by atomic mass is 10.3. The maximum atomic E-state index is 5.56. The maximum Gasteiger partial charge on any atom is 0.119 e. The first-order valence-electron chi connectivity index (χ1n) is 5.90. The predicted molar refractivity (Wildman–Crippen MR) is 68.0 cm³/mol. The molecule has 0 saturated carbocycles. The summed E-state index contributed by atoms with van der Waals surface area (Å²) in [6.45, 7) is 6.98. The number of hydrogen-bond acceptors (Lipinski definition) is 3. The van der Waals surface area contributed by atoms with Crippen molar-refractivity contribution in [3.8, 4) is 5.75 Å². The van der Waals surface area contributed by atoms with Crippen molar-refractivity contribution < 1.29 is 4.74 Å². The molecule has 0 aliphatic rings. The first-order valence-corrected chi connectivity index (χ1v) is 5.90. The normalized spacial score (nSPS) is 10.7. The fourth-order valence-corrected chi connectivity index (χ4v) is 1.31. The third-order valence-electron chi connectivity index (χ3n) is 2.50. The van der Waals surface area contributed by atoms with E-state index in [0.717, 1.165) is 38.5 Å². The number of nitrogens with one attached hydrogen (secondary N) is 1. The molecule has 0 aliphatic heterocycles. The third-order valence-corrected chi connectivity index (χ3v) is 2.50. The minimum absolute atomic E-state index is 0.722. The Balaban J connectivity index is 1.96. The molecule has 1 rings (SSSR count). The van der Waals surface area contributed by atoms with Crippen LogP contribution in [0, 0.1) is 0 Å². The summed E-state index contributed by atoms with van der Waals surface area (Å²) in [5, 5.41) is 3.35. The highest BCUT2D eigenvalue weighted by Crippen LogP contribution is 2.07. The highest BCUT2D eigenvalue weighted by atomic mass is 16.5. The first kappa shape index (κ1) is 13.0. The van der Waals surface area contributed by atoms with Crippen molar-refractivity contribution >= 4 is 0 Å². The molecule has 0 aliphatic carbocycles. The Hall–Kier alpha value is -1.06. The number of benzene rings is 1. The molecule has 1 aromatic rings. The van der Waals surface area contributed by atoms with Gasteiger partial charge in [0, 0.05) is 19.6 Å². The van der Waals surface area contributed by atoms with Gasteiger partial charge in [-0.2, -0.15) is 0 Å². The molecule has 90 valence electrons. The van der Waals surface area contributed by atoms with Crippen molar-refractivity contribution in [3.63, 3.8) is 0 Å². The fourth-order valence-electron chi connectivity index (χ4n) is 1.31. The number of likely N-dealkylation sites (N-methyl/N-ethyl adjacent to an activating group) is 1. The minimum atomic E-state index is 0.722. The van der Waals surface area contributed by atoms with Gasteiger partial charge < -0.3 is 15.0 Å². The number of ether oxygens (including phenoxy) is 1. The van der Waals surface area contributed by atoms with Gasteiger partial charge in [-0.15, -0.1) is 0 Å². The van der Waals surface area contributed by atoms with Crippen LogP contribution in [0.3, 0.4) is 0 Å². The predicted octanol–water partition coefficient (Wildman–Crippen LogP) is 1.61. The van der Waals surface area contributed by atoms with Crippen LogP contribution >= 0.6 is 0 Å². The average molecular weight is 222 g/mol. The SMILES string of the molecule is CCN(C)CCNCCOc1ccccc1. The molecule has 16 heavy (non-hydrogen) atoms. The van der Waals surface area contributed by atoms with Gasteiger partial charge in [0.1, 0.15) is 12.4 Å². The van der Waals surface area contributed by atoms with E-state index in [0.29, 0.717) is 0 Å². The van der Waals surface area contributed by atoms with Gasteiger partial charge in [-0.05, 0) is 25.7 Å². The van der Waals surface area contributed by atoms with Crippen molar-refractivity contribution in [1.82, 2.24) is 10.2 Å². The van der Waals surface area contributed by atoms with Gasteiger partial charge in [-0.3, -0.25) is 0 Å². The molecule has 0 saturated heterocycles. The topological polar surface area (TPSA) is 24.5 Å². The molecule has 0 heterocycles. The lowest BCUT2D eigenvalue weighted by Crippen LogP contribution is -2.31. The van der Waals surface area contributed by atoms with Crippen LogP contribution in [0.15, 0.2) is 30.3 Å². The van der Waals surface area contributed by atoms with E-state index in [2.05, 4.69) is 24.2 Å². The number of rotatable bonds is 8. The zero-order valence-corrected chi connectivity index (χ0v) is 10.3. The molecule has 0 spiro atoms. The molecule has 1 aromatic carbocycles. The molecule has 0 bridgehead atoms. The van der Waals surface area contributed by atoms with E-state index in [4.69, 9.17) is 4.74 Å². The Bertz CT molecular complexity index is 264. The van der Waals surface area contributed by atoms with Crippen molar-refractivity contribution in [2.75, 3.05) is 39.8 Å². The van der Waals surface area contributed by atoms with Gasteiger partial charge in [0.2, 0.25) is 0 Å². The van der Waals surface area contributed by atoms with Crippen molar-refractivity contribution in [2.45, 2.75) is 6.92 Å². The Morgan fingerprint density at radius 2 is 1.94 bits per heavy atom. The van der Waals surface area contributed by atoms with Crippen LogP contribution in [0.2, 0.25) is 0 Å². The van der Waals surface area contributed by atoms with Crippen LogP contribution in [-0.4, -0.2) is 44.7 Å². The molecular weight excluding hydrogens is 200 g/mol. The largest absolute Gasteiger partial charge is 0.492 e. The molecule has 0 unspecified atom stereocenters. The van der Waals surface area contributed by atoms with Gasteiger partial charge in [0.25, 0.3) is 0 Å². The minimum Gasteiger partial charge on any atom is -0.492 e. The Labute approximate surface area is 98.4 Å². The average Bonchev–Trinajstić information content (AvgIpc) is 2.34. The zero-order valence-electron chi connectivity index (χ0n) is 10.3. The molecular formula is C13H22N2O. The van der Waals surface area contributed by atoms with Crippen LogP contribution in [0.4, 0.5) is 0 Å². The Morgan fingerprint density at radius 3 is 2.62 bits per heavy atom. The smallest absolute Gasteiger partial charge is 0.119 e. The summed E-state index contributed by atoms with van der Waals surface area (Å²) in [5.74, 6) is 0.940. The van der Waals surface area contributed by atoms with E-state index >= 15 is 0 Å². The lowest BCUT2D eigenvalue weighted by Gasteiger charge is -2.14. The lowest BCUT2D eigenvalue weighted by molar-refractivity contribution is 0.302. The summed E-state index contributed by atoms with van der Waals surface area (Å²) in [6, 6.07) is 9.92. The fraction of sp³-hybridized carbons (Fsp3) is 0.538. The second-order valence-electron chi connectivity index (χ2n) is 3.81. The van der Waals surface area contributed by atoms with E-state index in [-0.39, 0.29) is 0 Å². The molecule has 0 amide bonds. The third kappa shape index (κ3) is 5.73. The van der Waals surface area contributed by atoms with Crippen molar-refractivity contribution in [3.05, 3.63) is 30.3 Å². The summed E-state index contributed by atoms with van der Waals surface area (Å²) in [6.07, 6.45) is 0.